The molecule has 0 spiro atoms. The largest absolute Gasteiger partial charge is 0.465 e. The van der Waals surface area contributed by atoms with E-state index < -0.39 is 10.9 Å². The van der Waals surface area contributed by atoms with E-state index in [1.807, 2.05) is 6.33 Å². The van der Waals surface area contributed by atoms with Crippen LogP contribution >= 0.6 is 0 Å². The third-order valence-electron chi connectivity index (χ3n) is 5.64. The van der Waals surface area contributed by atoms with Gasteiger partial charge < -0.3 is 14.2 Å². The van der Waals surface area contributed by atoms with Crippen molar-refractivity contribution in [3.8, 4) is 0 Å². The van der Waals surface area contributed by atoms with E-state index in [4.69, 9.17) is 4.74 Å². The third kappa shape index (κ3) is 3.32. The van der Waals surface area contributed by atoms with Gasteiger partial charge in [0.25, 0.3) is 5.69 Å². The fourth-order valence-electron chi connectivity index (χ4n) is 4.02. The van der Waals surface area contributed by atoms with Gasteiger partial charge in [0.15, 0.2) is 0 Å². The van der Waals surface area contributed by atoms with E-state index in [-0.39, 0.29) is 11.3 Å². The number of esters is 1. The Morgan fingerprint density at radius 3 is 2.57 bits per heavy atom. The molecule has 0 atom stereocenters. The molecule has 2 aliphatic rings. The molecule has 0 radical (unpaired) electrons. The lowest BCUT2D eigenvalue weighted by atomic mass is 9.95. The number of hydrogen-bond acceptors (Lipinski definition) is 7. The summed E-state index contributed by atoms with van der Waals surface area (Å²) in [6, 6.07) is 3.91. The van der Waals surface area contributed by atoms with E-state index in [1.54, 1.807) is 19.1 Å². The quantitative estimate of drug-likeness (QED) is 0.443. The van der Waals surface area contributed by atoms with Gasteiger partial charge in [0.1, 0.15) is 17.7 Å². The van der Waals surface area contributed by atoms with Gasteiger partial charge in [-0.1, -0.05) is 0 Å². The van der Waals surface area contributed by atoms with Crippen LogP contribution in [0.25, 0.3) is 0 Å². The molecule has 1 aliphatic carbocycles. The summed E-state index contributed by atoms with van der Waals surface area (Å²) in [5.74, 6) is 0.736. The van der Waals surface area contributed by atoms with E-state index in [2.05, 4.69) is 19.7 Å². The van der Waals surface area contributed by atoms with Crippen molar-refractivity contribution in [2.75, 3.05) is 25.1 Å². The SMILES string of the molecule is COC(=O)c1cc(N2CCC(c3nncn3C3CC3)CC2)cc(C)c1[N+](=O)[O-]. The molecule has 1 aromatic carbocycles. The normalized spacial score (nSPS) is 17.6. The minimum atomic E-state index is -0.691. The molecule has 4 rings (SSSR count). The topological polar surface area (TPSA) is 103 Å². The molecule has 1 aliphatic heterocycles. The lowest BCUT2D eigenvalue weighted by Crippen LogP contribution is -2.34. The molecule has 1 saturated carbocycles. The Labute approximate surface area is 162 Å². The number of anilines is 1. The average molecular weight is 385 g/mol. The third-order valence-corrected chi connectivity index (χ3v) is 5.64. The van der Waals surface area contributed by atoms with Crippen molar-refractivity contribution < 1.29 is 14.5 Å². The summed E-state index contributed by atoms with van der Waals surface area (Å²) in [6.07, 6.45) is 6.08. The van der Waals surface area contributed by atoms with Crippen LogP contribution in [0.5, 0.6) is 0 Å². The number of hydrogen-bond donors (Lipinski definition) is 0. The van der Waals surface area contributed by atoms with E-state index >= 15 is 0 Å². The number of ether oxygens (including phenoxy) is 1. The fourth-order valence-corrected chi connectivity index (χ4v) is 4.02. The van der Waals surface area contributed by atoms with Gasteiger partial charge in [0, 0.05) is 36.3 Å². The van der Waals surface area contributed by atoms with E-state index in [9.17, 15) is 14.9 Å². The van der Waals surface area contributed by atoms with Gasteiger partial charge in [0.2, 0.25) is 0 Å². The first-order valence-corrected chi connectivity index (χ1v) is 9.51. The Bertz CT molecular complexity index is 913. The molecule has 2 fully saturated rings. The zero-order valence-corrected chi connectivity index (χ0v) is 16.0. The van der Waals surface area contributed by atoms with Crippen LogP contribution in [0.4, 0.5) is 11.4 Å². The molecular weight excluding hydrogens is 362 g/mol. The maximum absolute atomic E-state index is 12.1. The molecule has 9 nitrogen and oxygen atoms in total. The average Bonchev–Trinajstić information content (AvgIpc) is 3.43. The van der Waals surface area contributed by atoms with Crippen LogP contribution in [-0.4, -0.2) is 45.9 Å². The summed E-state index contributed by atoms with van der Waals surface area (Å²) < 4.78 is 6.97. The Morgan fingerprint density at radius 2 is 1.96 bits per heavy atom. The van der Waals surface area contributed by atoms with Crippen LogP contribution in [0, 0.1) is 17.0 Å². The Hall–Kier alpha value is -2.97. The summed E-state index contributed by atoms with van der Waals surface area (Å²) in [6.45, 7) is 3.24. The van der Waals surface area contributed by atoms with Gasteiger partial charge in [-0.05, 0) is 44.7 Å². The number of aromatic nitrogens is 3. The van der Waals surface area contributed by atoms with Crippen LogP contribution in [0.2, 0.25) is 0 Å². The number of nitrogens with zero attached hydrogens (tertiary/aromatic N) is 5. The zero-order valence-electron chi connectivity index (χ0n) is 16.0. The lowest BCUT2D eigenvalue weighted by molar-refractivity contribution is -0.385. The van der Waals surface area contributed by atoms with Crippen molar-refractivity contribution in [3.05, 3.63) is 45.5 Å². The molecule has 0 unspecified atom stereocenters. The van der Waals surface area contributed by atoms with Gasteiger partial charge in [-0.3, -0.25) is 10.1 Å². The zero-order chi connectivity index (χ0) is 19.8. The van der Waals surface area contributed by atoms with Crippen molar-refractivity contribution >= 4 is 17.3 Å². The molecule has 0 amide bonds. The maximum Gasteiger partial charge on any atom is 0.344 e. The second-order valence-electron chi connectivity index (χ2n) is 7.50. The predicted molar refractivity (Wildman–Crippen MR) is 102 cm³/mol. The van der Waals surface area contributed by atoms with E-state index in [0.29, 0.717) is 17.5 Å². The first kappa shape index (κ1) is 18.4. The molecule has 0 N–H and O–H groups in total. The van der Waals surface area contributed by atoms with Crippen LogP contribution in [-0.2, 0) is 4.74 Å². The number of nitro groups is 1. The molecule has 28 heavy (non-hydrogen) atoms. The molecule has 9 heteroatoms. The highest BCUT2D eigenvalue weighted by molar-refractivity contribution is 5.95. The Morgan fingerprint density at radius 1 is 1.25 bits per heavy atom. The van der Waals surface area contributed by atoms with Crippen molar-refractivity contribution in [2.24, 2.45) is 0 Å². The molecule has 2 heterocycles. The molecule has 148 valence electrons. The Balaban J connectivity index is 1.54. The van der Waals surface area contributed by atoms with E-state index in [1.165, 1.54) is 20.0 Å². The minimum absolute atomic E-state index is 0.00176. The summed E-state index contributed by atoms with van der Waals surface area (Å²) in [5, 5.41) is 19.8. The highest BCUT2D eigenvalue weighted by Gasteiger charge is 2.32. The number of benzene rings is 1. The standard InChI is InChI=1S/C19H23N5O4/c1-12-9-15(10-16(19(25)28-2)17(12)24(26)27)22-7-5-13(6-8-22)18-21-20-11-23(18)14-3-4-14/h9-11,13-14H,3-8H2,1-2H3. The number of rotatable bonds is 5. The van der Waals surface area contributed by atoms with Crippen molar-refractivity contribution in [2.45, 2.75) is 44.6 Å². The molecule has 1 saturated heterocycles. The summed E-state index contributed by atoms with van der Waals surface area (Å²) >= 11 is 0. The van der Waals surface area contributed by atoms with Gasteiger partial charge in [-0.25, -0.2) is 4.79 Å². The Kier molecular flexibility index (Phi) is 4.74. The summed E-state index contributed by atoms with van der Waals surface area (Å²) in [4.78, 5) is 25.1. The van der Waals surface area contributed by atoms with Gasteiger partial charge in [0.05, 0.1) is 12.0 Å². The van der Waals surface area contributed by atoms with Gasteiger partial charge in [-0.15, -0.1) is 10.2 Å². The first-order valence-electron chi connectivity index (χ1n) is 9.51. The van der Waals surface area contributed by atoms with Crippen molar-refractivity contribution in [3.63, 3.8) is 0 Å². The number of aryl methyl sites for hydroxylation is 1. The lowest BCUT2D eigenvalue weighted by Gasteiger charge is -2.33. The highest BCUT2D eigenvalue weighted by atomic mass is 16.6. The predicted octanol–water partition coefficient (Wildman–Crippen LogP) is 3.00. The van der Waals surface area contributed by atoms with Crippen molar-refractivity contribution in [1.82, 2.24) is 14.8 Å². The molecule has 1 aromatic heterocycles. The van der Waals surface area contributed by atoms with Crippen LogP contribution in [0.15, 0.2) is 18.5 Å². The van der Waals surface area contributed by atoms with Crippen LogP contribution in [0.1, 0.15) is 59.4 Å². The number of piperidine rings is 1. The van der Waals surface area contributed by atoms with Gasteiger partial charge in [-0.2, -0.15) is 0 Å². The molecular formula is C19H23N5O4. The summed E-state index contributed by atoms with van der Waals surface area (Å²) in [5.41, 5.74) is 1.07. The highest BCUT2D eigenvalue weighted by Crippen LogP contribution is 2.39. The number of nitro benzene ring substituents is 1. The molecule has 2 aromatic rings. The summed E-state index contributed by atoms with van der Waals surface area (Å²) in [7, 11) is 1.23. The molecule has 0 bridgehead atoms. The minimum Gasteiger partial charge on any atom is -0.465 e. The van der Waals surface area contributed by atoms with Crippen molar-refractivity contribution in [1.29, 1.82) is 0 Å². The number of methoxy groups -OCH3 is 1. The van der Waals surface area contributed by atoms with E-state index in [0.717, 1.165) is 37.4 Å². The fraction of sp³-hybridized carbons (Fsp3) is 0.526. The van der Waals surface area contributed by atoms with Crippen LogP contribution < -0.4 is 4.90 Å². The van der Waals surface area contributed by atoms with Crippen LogP contribution in [0.3, 0.4) is 0 Å². The smallest absolute Gasteiger partial charge is 0.344 e. The second kappa shape index (κ2) is 7.21. The second-order valence-corrected chi connectivity index (χ2v) is 7.50. The van der Waals surface area contributed by atoms with Gasteiger partial charge >= 0.3 is 5.97 Å². The maximum atomic E-state index is 12.1. The number of carbonyl (C=O) groups is 1. The first-order chi connectivity index (χ1) is 13.5. The number of carbonyl (C=O) groups excluding carboxylic acids is 1. The monoisotopic (exact) mass is 385 g/mol.